The molecule has 2 saturated heterocycles. The normalized spacial score (nSPS) is 19.5. The summed E-state index contributed by atoms with van der Waals surface area (Å²) in [6.07, 6.45) is 8.26. The smallest absolute Gasteiger partial charge is 0.264 e. The van der Waals surface area contributed by atoms with Gasteiger partial charge in [0.25, 0.3) is 5.56 Å². The van der Waals surface area contributed by atoms with Crippen LogP contribution in [-0.4, -0.2) is 99.6 Å². The summed E-state index contributed by atoms with van der Waals surface area (Å²) in [5.41, 5.74) is 0.948. The number of carbonyl (C=O) groups excluding carboxylic acids is 1. The second kappa shape index (κ2) is 12.2. The minimum absolute atomic E-state index is 0.0607. The van der Waals surface area contributed by atoms with Crippen LogP contribution in [0.5, 0.6) is 0 Å². The number of hydrogen-bond acceptors (Lipinski definition) is 10. The molecular weight excluding hydrogens is 522 g/mol. The van der Waals surface area contributed by atoms with Crippen molar-refractivity contribution in [3.05, 3.63) is 58.4 Å². The Hall–Kier alpha value is -4.03. The zero-order valence-electron chi connectivity index (χ0n) is 23.5. The molecule has 1 aromatic carbocycles. The maximum atomic E-state index is 13.2. The van der Waals surface area contributed by atoms with Gasteiger partial charge in [-0.25, -0.2) is 4.98 Å². The van der Waals surface area contributed by atoms with Crippen molar-refractivity contribution in [2.24, 2.45) is 5.92 Å². The van der Waals surface area contributed by atoms with Gasteiger partial charge in [0.1, 0.15) is 11.4 Å². The molecule has 0 atom stereocenters. The molecule has 0 bridgehead atoms. The Morgan fingerprint density at radius 1 is 1.05 bits per heavy atom. The summed E-state index contributed by atoms with van der Waals surface area (Å²) < 4.78 is 1.35. The second-order valence-corrected chi connectivity index (χ2v) is 11.3. The van der Waals surface area contributed by atoms with Gasteiger partial charge in [0.15, 0.2) is 0 Å². The zero-order chi connectivity index (χ0) is 29.0. The van der Waals surface area contributed by atoms with Crippen LogP contribution < -0.4 is 16.2 Å². The van der Waals surface area contributed by atoms with E-state index in [1.807, 2.05) is 35.4 Å². The summed E-state index contributed by atoms with van der Waals surface area (Å²) in [5, 5.41) is 33.2. The fraction of sp³-hybridized carbons (Fsp3) is 0.483. The molecule has 1 aliphatic carbocycles. The fourth-order valence-electron chi connectivity index (χ4n) is 5.29. The summed E-state index contributed by atoms with van der Waals surface area (Å²) in [5.74, 6) is 0.592. The first-order chi connectivity index (χ1) is 19.8. The standard InChI is InChI=1S/C29H39N9O3/c1-35-12-14-36(15-13-35)24(16-30)18-32-22-4-6-23(7-5-22)34-26-25(17-31)28(40)38(20-33-26)19-29(41)8-10-37(11-9-29)27(39)21-2-3-21/h4-7,16-18,20-21,30-32,34,41H,2-3,8-15,19H2,1H3/b24-18+,30-16?,31-17?. The highest BCUT2D eigenvalue weighted by Gasteiger charge is 2.39. The van der Waals surface area contributed by atoms with E-state index in [-0.39, 0.29) is 29.8 Å². The van der Waals surface area contributed by atoms with Crippen molar-refractivity contribution in [1.82, 2.24) is 24.3 Å². The minimum Gasteiger partial charge on any atom is -0.388 e. The molecule has 41 heavy (non-hydrogen) atoms. The number of piperazine rings is 1. The van der Waals surface area contributed by atoms with Gasteiger partial charge in [0.05, 0.1) is 24.2 Å². The highest BCUT2D eigenvalue weighted by atomic mass is 16.3. The summed E-state index contributed by atoms with van der Waals surface area (Å²) in [7, 11) is 2.10. The number of nitrogens with zero attached hydrogens (tertiary/aromatic N) is 5. The average molecular weight is 562 g/mol. The van der Waals surface area contributed by atoms with E-state index >= 15 is 0 Å². The number of aromatic nitrogens is 2. The molecule has 2 aromatic rings. The van der Waals surface area contributed by atoms with E-state index in [2.05, 4.69) is 32.5 Å². The first-order valence-corrected chi connectivity index (χ1v) is 14.2. The zero-order valence-corrected chi connectivity index (χ0v) is 23.5. The lowest BCUT2D eigenvalue weighted by Gasteiger charge is -2.38. The van der Waals surface area contributed by atoms with Gasteiger partial charge in [-0.2, -0.15) is 0 Å². The van der Waals surface area contributed by atoms with Gasteiger partial charge in [0, 0.05) is 75.2 Å². The van der Waals surface area contributed by atoms with Crippen molar-refractivity contribution in [3.63, 3.8) is 0 Å². The molecule has 3 fully saturated rings. The quantitative estimate of drug-likeness (QED) is 0.276. The molecule has 3 aliphatic rings. The van der Waals surface area contributed by atoms with Crippen molar-refractivity contribution in [2.45, 2.75) is 37.8 Å². The topological polar surface area (TPSA) is 154 Å². The number of aliphatic hydroxyl groups is 1. The number of likely N-dealkylation sites (N-methyl/N-ethyl adjacent to an activating group) is 1. The number of hydrogen-bond donors (Lipinski definition) is 5. The maximum absolute atomic E-state index is 13.2. The van der Waals surface area contributed by atoms with Gasteiger partial charge < -0.3 is 41.3 Å². The van der Waals surface area contributed by atoms with Crippen LogP contribution in [0.1, 0.15) is 31.2 Å². The molecule has 3 heterocycles. The SMILES string of the molecule is CN1CCN(/C(C=N)=C/Nc2ccc(Nc3ncn(CC4(O)CCN(C(=O)C5CC5)CC4)c(=O)c3C=N)cc2)CC1. The van der Waals surface area contributed by atoms with Crippen LogP contribution in [0.15, 0.2) is 47.3 Å². The molecule has 5 rings (SSSR count). The molecule has 0 unspecified atom stereocenters. The lowest BCUT2D eigenvalue weighted by Crippen LogP contribution is -2.50. The van der Waals surface area contributed by atoms with Crippen molar-refractivity contribution < 1.29 is 9.90 Å². The third-order valence-electron chi connectivity index (χ3n) is 8.16. The molecule has 218 valence electrons. The average Bonchev–Trinajstić information content (AvgIpc) is 3.83. The Morgan fingerprint density at radius 3 is 2.32 bits per heavy atom. The molecule has 1 amide bonds. The van der Waals surface area contributed by atoms with E-state index in [0.29, 0.717) is 31.6 Å². The van der Waals surface area contributed by atoms with E-state index in [0.717, 1.165) is 56.6 Å². The van der Waals surface area contributed by atoms with Crippen molar-refractivity contribution >= 4 is 35.5 Å². The first-order valence-electron chi connectivity index (χ1n) is 14.2. The molecule has 0 radical (unpaired) electrons. The largest absolute Gasteiger partial charge is 0.388 e. The van der Waals surface area contributed by atoms with Crippen LogP contribution in [0.4, 0.5) is 17.2 Å². The van der Waals surface area contributed by atoms with Crippen molar-refractivity contribution in [3.8, 4) is 0 Å². The number of benzene rings is 1. The van der Waals surface area contributed by atoms with Crippen molar-refractivity contribution in [1.29, 1.82) is 10.8 Å². The Balaban J connectivity index is 1.20. The molecule has 12 nitrogen and oxygen atoms in total. The Labute approximate surface area is 239 Å². The number of nitrogens with one attached hydrogen (secondary N) is 4. The highest BCUT2D eigenvalue weighted by Crippen LogP contribution is 2.33. The van der Waals surface area contributed by atoms with Crippen LogP contribution in [0.2, 0.25) is 0 Å². The van der Waals surface area contributed by atoms with Gasteiger partial charge in [-0.15, -0.1) is 0 Å². The number of amides is 1. The number of likely N-dealkylation sites (tertiary alicyclic amines) is 1. The molecular formula is C29H39N9O3. The Bertz CT molecular complexity index is 1350. The molecule has 5 N–H and O–H groups in total. The Kier molecular flexibility index (Phi) is 8.50. The van der Waals surface area contributed by atoms with Gasteiger partial charge >= 0.3 is 0 Å². The monoisotopic (exact) mass is 561 g/mol. The van der Waals surface area contributed by atoms with E-state index in [4.69, 9.17) is 10.8 Å². The molecule has 2 aliphatic heterocycles. The number of carbonyl (C=O) groups is 1. The van der Waals surface area contributed by atoms with E-state index in [1.165, 1.54) is 17.1 Å². The van der Waals surface area contributed by atoms with Gasteiger partial charge in [-0.3, -0.25) is 14.2 Å². The summed E-state index contributed by atoms with van der Waals surface area (Å²) in [4.78, 5) is 36.2. The van der Waals surface area contributed by atoms with Crippen LogP contribution >= 0.6 is 0 Å². The lowest BCUT2D eigenvalue weighted by atomic mass is 9.91. The number of piperidine rings is 1. The van der Waals surface area contributed by atoms with E-state index in [1.54, 1.807) is 0 Å². The molecule has 0 spiro atoms. The minimum atomic E-state index is -1.11. The number of rotatable bonds is 10. The van der Waals surface area contributed by atoms with Crippen LogP contribution in [0.25, 0.3) is 0 Å². The van der Waals surface area contributed by atoms with Gasteiger partial charge in [0.2, 0.25) is 5.91 Å². The fourth-order valence-corrected chi connectivity index (χ4v) is 5.29. The molecule has 1 aromatic heterocycles. The Morgan fingerprint density at radius 2 is 1.71 bits per heavy atom. The summed E-state index contributed by atoms with van der Waals surface area (Å²) >= 11 is 0. The van der Waals surface area contributed by atoms with Crippen molar-refractivity contribution in [2.75, 3.05) is 56.9 Å². The van der Waals surface area contributed by atoms with E-state index < -0.39 is 11.2 Å². The third kappa shape index (κ3) is 6.83. The van der Waals surface area contributed by atoms with Gasteiger partial charge in [-0.1, -0.05) is 0 Å². The van der Waals surface area contributed by atoms with Gasteiger partial charge in [-0.05, 0) is 57.0 Å². The predicted octanol–water partition coefficient (Wildman–Crippen LogP) is 1.90. The lowest BCUT2D eigenvalue weighted by molar-refractivity contribution is -0.137. The first kappa shape index (κ1) is 28.5. The third-order valence-corrected chi connectivity index (χ3v) is 8.16. The van der Waals surface area contributed by atoms with Crippen LogP contribution in [-0.2, 0) is 11.3 Å². The number of anilines is 3. The molecule has 12 heteroatoms. The predicted molar refractivity (Wildman–Crippen MR) is 159 cm³/mol. The summed E-state index contributed by atoms with van der Waals surface area (Å²) in [6.45, 7) is 4.69. The highest BCUT2D eigenvalue weighted by molar-refractivity contribution is 5.85. The second-order valence-electron chi connectivity index (χ2n) is 11.3. The maximum Gasteiger partial charge on any atom is 0.264 e. The number of allylic oxidation sites excluding steroid dienone is 1. The molecule has 1 saturated carbocycles. The van der Waals surface area contributed by atoms with Crippen LogP contribution in [0.3, 0.4) is 0 Å². The van der Waals surface area contributed by atoms with Crippen LogP contribution in [0, 0.1) is 16.7 Å². The van der Waals surface area contributed by atoms with E-state index in [9.17, 15) is 14.7 Å². The summed E-state index contributed by atoms with van der Waals surface area (Å²) in [6, 6.07) is 7.45.